The molecule has 1 aromatic carbocycles. The van der Waals surface area contributed by atoms with Gasteiger partial charge < -0.3 is 19.5 Å². The van der Waals surface area contributed by atoms with Crippen LogP contribution in [0.25, 0.3) is 0 Å². The summed E-state index contributed by atoms with van der Waals surface area (Å²) in [6.45, 7) is 2.55. The lowest BCUT2D eigenvalue weighted by molar-refractivity contribution is 0.191. The Labute approximate surface area is 188 Å². The molecule has 32 heavy (non-hydrogen) atoms. The summed E-state index contributed by atoms with van der Waals surface area (Å²) >= 11 is 0. The highest BCUT2D eigenvalue weighted by Gasteiger charge is 2.39. The van der Waals surface area contributed by atoms with Crippen LogP contribution in [0.3, 0.4) is 0 Å². The van der Waals surface area contributed by atoms with E-state index in [1.165, 1.54) is 0 Å². The lowest BCUT2D eigenvalue weighted by atomic mass is 10.2. The number of hydrogen-bond donors (Lipinski definition) is 1. The lowest BCUT2D eigenvalue weighted by Gasteiger charge is -2.45. The number of nitrogens with zero attached hydrogens (tertiary/aromatic N) is 5. The van der Waals surface area contributed by atoms with Crippen LogP contribution >= 0.6 is 0 Å². The number of hydrogen-bond acceptors (Lipinski definition) is 8. The van der Waals surface area contributed by atoms with Gasteiger partial charge in [-0.2, -0.15) is 4.98 Å². The Bertz CT molecular complexity index is 969. The van der Waals surface area contributed by atoms with Gasteiger partial charge >= 0.3 is 6.03 Å². The summed E-state index contributed by atoms with van der Waals surface area (Å²) in [5.41, 5.74) is 1.39. The highest BCUT2D eigenvalue weighted by Crippen LogP contribution is 2.42. The molecule has 1 aliphatic carbocycles. The zero-order chi connectivity index (χ0) is 22.8. The first-order chi connectivity index (χ1) is 15.5. The molecule has 1 fully saturated rings. The molecule has 2 amide bonds. The van der Waals surface area contributed by atoms with Gasteiger partial charge in [0.1, 0.15) is 5.69 Å². The van der Waals surface area contributed by atoms with Gasteiger partial charge in [-0.25, -0.2) is 14.8 Å². The molecule has 172 valence electrons. The van der Waals surface area contributed by atoms with Gasteiger partial charge in [-0.1, -0.05) is 12.8 Å². The molecule has 2 heterocycles. The summed E-state index contributed by atoms with van der Waals surface area (Å²) in [5, 5.41) is 7.07. The number of methoxy groups -OCH3 is 3. The van der Waals surface area contributed by atoms with E-state index >= 15 is 0 Å². The van der Waals surface area contributed by atoms with Crippen LogP contribution in [0.15, 0.2) is 18.3 Å². The van der Waals surface area contributed by atoms with Crippen LogP contribution in [0.5, 0.6) is 17.2 Å². The number of fused-ring (bicyclic) bond motifs is 1. The average Bonchev–Trinajstić information content (AvgIpc) is 3.34. The molecule has 0 saturated heterocycles. The zero-order valence-electron chi connectivity index (χ0n) is 19.2. The Balaban J connectivity index is 1.73. The largest absolute Gasteiger partial charge is 0.493 e. The van der Waals surface area contributed by atoms with Gasteiger partial charge in [0, 0.05) is 31.4 Å². The molecule has 10 nitrogen and oxygen atoms in total. The summed E-state index contributed by atoms with van der Waals surface area (Å²) in [6, 6.07) is 3.77. The topological polar surface area (TPSA) is 92.3 Å². The van der Waals surface area contributed by atoms with Gasteiger partial charge in [-0.3, -0.25) is 9.91 Å². The van der Waals surface area contributed by atoms with E-state index in [2.05, 4.69) is 15.3 Å². The second-order valence-corrected chi connectivity index (χ2v) is 7.78. The number of urea groups is 1. The molecule has 1 N–H and O–H groups in total. The van der Waals surface area contributed by atoms with Crippen LogP contribution in [-0.4, -0.2) is 62.0 Å². The van der Waals surface area contributed by atoms with Gasteiger partial charge in [-0.15, -0.1) is 0 Å². The number of nitrogens with one attached hydrogen (secondary N) is 1. The standard InChI is InChI=1S/C22H30N6O4/c1-6-27-22(29)26(2)16-13-23-21(25-20(16)28(27)15-9-7-8-10-15)24-14-11-17(30-3)19(32-5)18(12-14)31-4/h11-13,15H,6-10H2,1-5H3,(H,23,24,25). The first-order valence-corrected chi connectivity index (χ1v) is 10.8. The van der Waals surface area contributed by atoms with Crippen molar-refractivity contribution in [3.8, 4) is 17.2 Å². The molecule has 4 rings (SSSR count). The monoisotopic (exact) mass is 442 g/mol. The number of hydrazine groups is 1. The van der Waals surface area contributed by atoms with Gasteiger partial charge in [0.05, 0.1) is 33.6 Å². The lowest BCUT2D eigenvalue weighted by Crippen LogP contribution is -2.59. The van der Waals surface area contributed by atoms with E-state index in [9.17, 15) is 4.79 Å². The molecule has 2 aromatic rings. The molecule has 0 radical (unpaired) electrons. The Morgan fingerprint density at radius 2 is 1.75 bits per heavy atom. The second kappa shape index (κ2) is 8.97. The number of carbonyl (C=O) groups is 1. The van der Waals surface area contributed by atoms with Gasteiger partial charge in [0.15, 0.2) is 17.3 Å². The van der Waals surface area contributed by atoms with Crippen LogP contribution < -0.4 is 29.4 Å². The molecule has 1 saturated carbocycles. The van der Waals surface area contributed by atoms with Crippen molar-refractivity contribution < 1.29 is 19.0 Å². The van der Waals surface area contributed by atoms with Crippen LogP contribution in [0, 0.1) is 0 Å². The molecular formula is C22H30N6O4. The highest BCUT2D eigenvalue weighted by atomic mass is 16.5. The molecule has 0 atom stereocenters. The molecule has 0 spiro atoms. The first kappa shape index (κ1) is 21.8. The van der Waals surface area contributed by atoms with Gasteiger partial charge in [-0.05, 0) is 19.8 Å². The van der Waals surface area contributed by atoms with Crippen LogP contribution in [0.1, 0.15) is 32.6 Å². The third-order valence-electron chi connectivity index (χ3n) is 5.99. The maximum atomic E-state index is 13.0. The van der Waals surface area contributed by atoms with E-state index in [-0.39, 0.29) is 12.1 Å². The number of anilines is 4. The van der Waals surface area contributed by atoms with E-state index in [1.54, 1.807) is 56.6 Å². The summed E-state index contributed by atoms with van der Waals surface area (Å²) < 4.78 is 16.3. The second-order valence-electron chi connectivity index (χ2n) is 7.78. The maximum Gasteiger partial charge on any atom is 0.343 e. The SMILES string of the molecule is CCN1C(=O)N(C)c2cnc(Nc3cc(OC)c(OC)c(OC)c3)nc2N1C1CCCC1. The number of ether oxygens (including phenoxy) is 3. The third kappa shape index (κ3) is 3.69. The predicted octanol–water partition coefficient (Wildman–Crippen LogP) is 3.80. The molecule has 0 bridgehead atoms. The minimum absolute atomic E-state index is 0.0687. The number of aromatic nitrogens is 2. The third-order valence-corrected chi connectivity index (χ3v) is 5.99. The number of benzene rings is 1. The molecule has 1 aromatic heterocycles. The summed E-state index contributed by atoms with van der Waals surface area (Å²) in [7, 11) is 6.46. The minimum Gasteiger partial charge on any atom is -0.493 e. The van der Waals surface area contributed by atoms with E-state index in [0.29, 0.717) is 41.1 Å². The molecule has 2 aliphatic rings. The van der Waals surface area contributed by atoms with E-state index < -0.39 is 0 Å². The Morgan fingerprint density at radius 1 is 1.09 bits per heavy atom. The van der Waals surface area contributed by atoms with Crippen LogP contribution in [0.4, 0.5) is 27.9 Å². The van der Waals surface area contributed by atoms with Crippen LogP contribution in [-0.2, 0) is 0 Å². The normalized spacial score (nSPS) is 16.3. The summed E-state index contributed by atoms with van der Waals surface area (Å²) in [6.07, 6.45) is 6.06. The van der Waals surface area contributed by atoms with E-state index in [4.69, 9.17) is 19.2 Å². The maximum absolute atomic E-state index is 13.0. The Morgan fingerprint density at radius 3 is 2.31 bits per heavy atom. The van der Waals surface area contributed by atoms with Gasteiger partial charge in [0.25, 0.3) is 0 Å². The Kier molecular flexibility index (Phi) is 6.11. The molecule has 10 heteroatoms. The summed E-state index contributed by atoms with van der Waals surface area (Å²) in [4.78, 5) is 23.9. The van der Waals surface area contributed by atoms with Crippen molar-refractivity contribution in [3.05, 3.63) is 18.3 Å². The van der Waals surface area contributed by atoms with Crippen molar-refractivity contribution in [2.24, 2.45) is 0 Å². The molecule has 0 unspecified atom stereocenters. The first-order valence-electron chi connectivity index (χ1n) is 10.8. The number of amides is 2. The number of carbonyl (C=O) groups excluding carboxylic acids is 1. The van der Waals surface area contributed by atoms with Crippen molar-refractivity contribution in [1.82, 2.24) is 15.0 Å². The quantitative estimate of drug-likeness (QED) is 0.692. The van der Waals surface area contributed by atoms with Crippen molar-refractivity contribution in [2.75, 3.05) is 50.1 Å². The average molecular weight is 443 g/mol. The highest BCUT2D eigenvalue weighted by molar-refractivity contribution is 5.98. The van der Waals surface area contributed by atoms with Crippen LogP contribution in [0.2, 0.25) is 0 Å². The fraction of sp³-hybridized carbons (Fsp3) is 0.500. The smallest absolute Gasteiger partial charge is 0.343 e. The van der Waals surface area contributed by atoms with Gasteiger partial charge in [0.2, 0.25) is 11.7 Å². The molecule has 1 aliphatic heterocycles. The fourth-order valence-electron chi connectivity index (χ4n) is 4.40. The molecular weight excluding hydrogens is 412 g/mol. The van der Waals surface area contributed by atoms with Crippen molar-refractivity contribution in [3.63, 3.8) is 0 Å². The zero-order valence-corrected chi connectivity index (χ0v) is 19.2. The van der Waals surface area contributed by atoms with Crippen molar-refractivity contribution in [1.29, 1.82) is 0 Å². The fourth-order valence-corrected chi connectivity index (χ4v) is 4.40. The van der Waals surface area contributed by atoms with E-state index in [1.807, 2.05) is 6.92 Å². The van der Waals surface area contributed by atoms with Crippen molar-refractivity contribution in [2.45, 2.75) is 38.6 Å². The predicted molar refractivity (Wildman–Crippen MR) is 122 cm³/mol. The number of rotatable bonds is 7. The Hall–Kier alpha value is -3.43. The minimum atomic E-state index is -0.0687. The van der Waals surface area contributed by atoms with Crippen molar-refractivity contribution >= 4 is 29.2 Å². The van der Waals surface area contributed by atoms with E-state index in [0.717, 1.165) is 31.5 Å². The summed E-state index contributed by atoms with van der Waals surface area (Å²) in [5.74, 6) is 2.72.